The Bertz CT molecular complexity index is 735. The summed E-state index contributed by atoms with van der Waals surface area (Å²) in [5.74, 6) is 0.553. The van der Waals surface area contributed by atoms with E-state index in [4.69, 9.17) is 0 Å². The molecule has 1 aliphatic heterocycles. The average Bonchev–Trinajstić information content (AvgIpc) is 2.91. The number of aryl methyl sites for hydroxylation is 1. The van der Waals surface area contributed by atoms with Crippen LogP contribution in [0, 0.1) is 19.8 Å². The molecule has 1 saturated heterocycles. The first-order chi connectivity index (χ1) is 12.0. The molecule has 1 fully saturated rings. The molecule has 1 amide bonds. The van der Waals surface area contributed by atoms with Crippen LogP contribution in [0.2, 0.25) is 0 Å². The van der Waals surface area contributed by atoms with Crippen molar-refractivity contribution in [1.29, 1.82) is 0 Å². The summed E-state index contributed by atoms with van der Waals surface area (Å²) < 4.78 is 2.26. The zero-order valence-corrected chi connectivity index (χ0v) is 15.7. The Kier molecular flexibility index (Phi) is 5.28. The van der Waals surface area contributed by atoms with Crippen molar-refractivity contribution in [3.05, 3.63) is 58.9 Å². The number of rotatable bonds is 4. The monoisotopic (exact) mass is 339 g/mol. The quantitative estimate of drug-likeness (QED) is 0.896. The maximum Gasteiger partial charge on any atom is 0.253 e. The molecule has 4 nitrogen and oxygen atoms in total. The van der Waals surface area contributed by atoms with Gasteiger partial charge in [-0.05, 0) is 51.3 Å². The Balaban J connectivity index is 1.83. The summed E-state index contributed by atoms with van der Waals surface area (Å²) in [4.78, 5) is 12.9. The number of hydrogen-bond donors (Lipinski definition) is 2. The van der Waals surface area contributed by atoms with Gasteiger partial charge in [0.25, 0.3) is 5.91 Å². The minimum Gasteiger partial charge on any atom is -0.348 e. The normalized spacial score (nSPS) is 21.8. The van der Waals surface area contributed by atoms with Gasteiger partial charge in [0.2, 0.25) is 0 Å². The maximum atomic E-state index is 12.9. The van der Waals surface area contributed by atoms with Crippen molar-refractivity contribution in [3.63, 3.8) is 0 Å². The van der Waals surface area contributed by atoms with Gasteiger partial charge in [-0.3, -0.25) is 4.79 Å². The van der Waals surface area contributed by atoms with Crippen molar-refractivity contribution in [1.82, 2.24) is 15.2 Å². The molecule has 2 aromatic rings. The van der Waals surface area contributed by atoms with Crippen LogP contribution in [0.25, 0.3) is 0 Å². The lowest BCUT2D eigenvalue weighted by atomic mass is 9.94. The molecular formula is C21H29N3O. The van der Waals surface area contributed by atoms with Crippen LogP contribution in [-0.2, 0) is 0 Å². The van der Waals surface area contributed by atoms with E-state index in [0.717, 1.165) is 36.5 Å². The second-order valence-corrected chi connectivity index (χ2v) is 7.29. The van der Waals surface area contributed by atoms with Crippen molar-refractivity contribution < 1.29 is 4.79 Å². The van der Waals surface area contributed by atoms with E-state index in [9.17, 15) is 4.79 Å². The lowest BCUT2D eigenvalue weighted by molar-refractivity contribution is 0.0914. The fraction of sp³-hybridized carbons (Fsp3) is 0.476. The summed E-state index contributed by atoms with van der Waals surface area (Å²) in [6.45, 7) is 10.4. The average molecular weight is 339 g/mol. The van der Waals surface area contributed by atoms with Crippen molar-refractivity contribution >= 4 is 5.91 Å². The van der Waals surface area contributed by atoms with Gasteiger partial charge in [0.15, 0.2) is 0 Å². The van der Waals surface area contributed by atoms with Crippen LogP contribution >= 0.6 is 0 Å². The Morgan fingerprint density at radius 2 is 2.00 bits per heavy atom. The number of carbonyl (C=O) groups is 1. The molecule has 0 radical (unpaired) electrons. The van der Waals surface area contributed by atoms with Gasteiger partial charge in [0, 0.05) is 24.0 Å². The molecule has 0 saturated carbocycles. The number of benzene rings is 1. The van der Waals surface area contributed by atoms with Gasteiger partial charge in [-0.1, -0.05) is 37.3 Å². The second kappa shape index (κ2) is 7.44. The van der Waals surface area contributed by atoms with E-state index in [-0.39, 0.29) is 18.0 Å². The molecule has 3 unspecified atom stereocenters. The third-order valence-electron chi connectivity index (χ3n) is 5.54. The van der Waals surface area contributed by atoms with Gasteiger partial charge in [-0.2, -0.15) is 0 Å². The van der Waals surface area contributed by atoms with Gasteiger partial charge in [0.1, 0.15) is 0 Å². The Morgan fingerprint density at radius 1 is 1.28 bits per heavy atom. The summed E-state index contributed by atoms with van der Waals surface area (Å²) in [5, 5.41) is 6.60. The smallest absolute Gasteiger partial charge is 0.253 e. The Labute approximate surface area is 150 Å². The van der Waals surface area contributed by atoms with Crippen LogP contribution in [0.4, 0.5) is 0 Å². The van der Waals surface area contributed by atoms with Crippen LogP contribution in [0.3, 0.4) is 0 Å². The zero-order valence-electron chi connectivity index (χ0n) is 15.7. The predicted octanol–water partition coefficient (Wildman–Crippen LogP) is 3.44. The van der Waals surface area contributed by atoms with E-state index >= 15 is 0 Å². The van der Waals surface area contributed by atoms with Crippen molar-refractivity contribution in [2.24, 2.45) is 5.92 Å². The summed E-state index contributed by atoms with van der Waals surface area (Å²) >= 11 is 0. The highest BCUT2D eigenvalue weighted by molar-refractivity contribution is 5.96. The van der Waals surface area contributed by atoms with Gasteiger partial charge < -0.3 is 15.2 Å². The number of nitrogens with one attached hydrogen (secondary N) is 2. The van der Waals surface area contributed by atoms with Crippen molar-refractivity contribution in [2.45, 2.75) is 46.2 Å². The first-order valence-electron chi connectivity index (χ1n) is 9.24. The van der Waals surface area contributed by atoms with Gasteiger partial charge in [-0.15, -0.1) is 0 Å². The molecule has 0 spiro atoms. The molecule has 134 valence electrons. The number of amides is 1. The molecule has 0 bridgehead atoms. The molecule has 4 heteroatoms. The third kappa shape index (κ3) is 3.64. The van der Waals surface area contributed by atoms with E-state index in [2.05, 4.69) is 60.2 Å². The third-order valence-corrected chi connectivity index (χ3v) is 5.54. The van der Waals surface area contributed by atoms with Gasteiger partial charge in [0.05, 0.1) is 11.6 Å². The first kappa shape index (κ1) is 17.7. The van der Waals surface area contributed by atoms with Crippen LogP contribution < -0.4 is 10.6 Å². The summed E-state index contributed by atoms with van der Waals surface area (Å²) in [7, 11) is 0. The highest BCUT2D eigenvalue weighted by Gasteiger charge is 2.25. The molecule has 2 N–H and O–H groups in total. The van der Waals surface area contributed by atoms with Gasteiger partial charge >= 0.3 is 0 Å². The lowest BCUT2D eigenvalue weighted by Gasteiger charge is -2.30. The standard InChI is InChI=1S/C21H29N3O/c1-14-10-11-22-13-20(14)23-21(25)19-12-15(2)24(17(19)4)16(3)18-8-6-5-7-9-18/h5-9,12,14,16,20,22H,10-11,13H2,1-4H3,(H,23,25). The van der Waals surface area contributed by atoms with E-state index < -0.39 is 0 Å². The molecule has 2 heterocycles. The molecule has 0 aliphatic carbocycles. The number of piperidine rings is 1. The molecule has 3 rings (SSSR count). The maximum absolute atomic E-state index is 12.9. The second-order valence-electron chi connectivity index (χ2n) is 7.29. The van der Waals surface area contributed by atoms with Crippen LogP contribution in [0.5, 0.6) is 0 Å². The summed E-state index contributed by atoms with van der Waals surface area (Å²) in [5.41, 5.74) is 4.19. The topological polar surface area (TPSA) is 46.1 Å². The van der Waals surface area contributed by atoms with E-state index in [1.54, 1.807) is 0 Å². The van der Waals surface area contributed by atoms with E-state index in [1.807, 2.05) is 19.1 Å². The van der Waals surface area contributed by atoms with Crippen molar-refractivity contribution in [2.75, 3.05) is 13.1 Å². The van der Waals surface area contributed by atoms with Crippen LogP contribution in [-0.4, -0.2) is 29.6 Å². The van der Waals surface area contributed by atoms with E-state index in [0.29, 0.717) is 5.92 Å². The number of nitrogens with zero attached hydrogens (tertiary/aromatic N) is 1. The molecule has 1 aromatic carbocycles. The summed E-state index contributed by atoms with van der Waals surface area (Å²) in [6.07, 6.45) is 1.11. The molecule has 25 heavy (non-hydrogen) atoms. The SMILES string of the molecule is Cc1cc(C(=O)NC2CNCCC2C)c(C)n1C(C)c1ccccc1. The molecule has 1 aromatic heterocycles. The lowest BCUT2D eigenvalue weighted by Crippen LogP contribution is -2.50. The fourth-order valence-electron chi connectivity index (χ4n) is 3.91. The minimum atomic E-state index is 0.0418. The van der Waals surface area contributed by atoms with Crippen molar-refractivity contribution in [3.8, 4) is 0 Å². The number of aromatic nitrogens is 1. The number of hydrogen-bond acceptors (Lipinski definition) is 2. The Hall–Kier alpha value is -2.07. The zero-order chi connectivity index (χ0) is 18.0. The highest BCUT2D eigenvalue weighted by Crippen LogP contribution is 2.25. The van der Waals surface area contributed by atoms with Gasteiger partial charge in [-0.25, -0.2) is 0 Å². The molecular weight excluding hydrogens is 310 g/mol. The molecule has 1 aliphatic rings. The predicted molar refractivity (Wildman–Crippen MR) is 102 cm³/mol. The summed E-state index contributed by atoms with van der Waals surface area (Å²) in [6, 6.07) is 12.9. The van der Waals surface area contributed by atoms with Crippen LogP contribution in [0.1, 0.15) is 53.6 Å². The minimum absolute atomic E-state index is 0.0418. The largest absolute Gasteiger partial charge is 0.348 e. The van der Waals surface area contributed by atoms with Crippen LogP contribution in [0.15, 0.2) is 36.4 Å². The number of carbonyl (C=O) groups excluding carboxylic acids is 1. The molecule has 3 atom stereocenters. The fourth-order valence-corrected chi connectivity index (χ4v) is 3.91. The van der Waals surface area contributed by atoms with E-state index in [1.165, 1.54) is 5.56 Å². The highest BCUT2D eigenvalue weighted by atomic mass is 16.1. The Morgan fingerprint density at radius 3 is 2.68 bits per heavy atom. The first-order valence-corrected chi connectivity index (χ1v) is 9.24.